The summed E-state index contributed by atoms with van der Waals surface area (Å²) in [6, 6.07) is 7.97. The van der Waals surface area contributed by atoms with E-state index in [-0.39, 0.29) is 18.1 Å². The van der Waals surface area contributed by atoms with Gasteiger partial charge in [0.15, 0.2) is 0 Å². The third-order valence-corrected chi connectivity index (χ3v) is 4.52. The van der Waals surface area contributed by atoms with E-state index < -0.39 is 0 Å². The van der Waals surface area contributed by atoms with Gasteiger partial charge in [-0.25, -0.2) is 0 Å². The van der Waals surface area contributed by atoms with Crippen LogP contribution in [0.25, 0.3) is 0 Å². The van der Waals surface area contributed by atoms with Gasteiger partial charge in [0.2, 0.25) is 5.91 Å². The maximum atomic E-state index is 12.7. The smallest absolute Gasteiger partial charge is 0.243 e. The van der Waals surface area contributed by atoms with E-state index in [1.54, 1.807) is 0 Å². The van der Waals surface area contributed by atoms with E-state index in [9.17, 15) is 4.79 Å². The number of morpholine rings is 1. The highest BCUT2D eigenvalue weighted by molar-refractivity contribution is 5.98. The number of fused-ring (bicyclic) bond motifs is 1. The van der Waals surface area contributed by atoms with Crippen molar-refractivity contribution in [2.75, 3.05) is 44.7 Å². The fraction of sp³-hybridized carbons (Fsp3) is 0.588. The van der Waals surface area contributed by atoms with E-state index in [0.29, 0.717) is 6.54 Å². The minimum absolute atomic E-state index is 0.147. The molecule has 1 saturated heterocycles. The van der Waals surface area contributed by atoms with Gasteiger partial charge in [0, 0.05) is 31.9 Å². The Balaban J connectivity index is 1.54. The first-order valence-electron chi connectivity index (χ1n) is 8.08. The number of hydrogen-bond acceptors (Lipinski definition) is 4. The van der Waals surface area contributed by atoms with Crippen LogP contribution in [-0.4, -0.2) is 62.8 Å². The molecule has 1 N–H and O–H groups in total. The number of carbonyl (C=O) groups excluding carboxylic acids is 1. The summed E-state index contributed by atoms with van der Waals surface area (Å²) < 4.78 is 5.73. The van der Waals surface area contributed by atoms with Crippen LogP contribution in [0, 0.1) is 0 Å². The summed E-state index contributed by atoms with van der Waals surface area (Å²) in [5, 5.41) is 3.34. The lowest BCUT2D eigenvalue weighted by molar-refractivity contribution is -0.120. The number of para-hydroxylation sites is 1. The zero-order valence-electron chi connectivity index (χ0n) is 13.4. The monoisotopic (exact) mass is 303 g/mol. The van der Waals surface area contributed by atoms with Crippen LogP contribution >= 0.6 is 0 Å². The van der Waals surface area contributed by atoms with Crippen LogP contribution in [0.2, 0.25) is 0 Å². The topological polar surface area (TPSA) is 44.8 Å². The molecule has 2 heterocycles. The van der Waals surface area contributed by atoms with Gasteiger partial charge in [-0.1, -0.05) is 18.2 Å². The number of anilines is 1. The maximum Gasteiger partial charge on any atom is 0.243 e. The first kappa shape index (κ1) is 15.5. The molecule has 2 aliphatic heterocycles. The average molecular weight is 303 g/mol. The van der Waals surface area contributed by atoms with Gasteiger partial charge in [-0.2, -0.15) is 0 Å². The highest BCUT2D eigenvalue weighted by Crippen LogP contribution is 2.27. The van der Waals surface area contributed by atoms with Gasteiger partial charge in [-0.3, -0.25) is 4.79 Å². The third kappa shape index (κ3) is 3.32. The number of rotatable bonds is 4. The van der Waals surface area contributed by atoms with Crippen molar-refractivity contribution in [1.82, 2.24) is 10.2 Å². The summed E-state index contributed by atoms with van der Waals surface area (Å²) >= 11 is 0. The molecule has 0 saturated carbocycles. The lowest BCUT2D eigenvalue weighted by Crippen LogP contribution is -2.50. The second kappa shape index (κ2) is 6.77. The molecule has 3 rings (SSSR count). The highest BCUT2D eigenvalue weighted by Gasteiger charge is 2.28. The fourth-order valence-corrected chi connectivity index (χ4v) is 3.19. The third-order valence-electron chi connectivity index (χ3n) is 4.52. The molecule has 1 fully saturated rings. The van der Waals surface area contributed by atoms with Gasteiger partial charge in [0.25, 0.3) is 0 Å². The van der Waals surface area contributed by atoms with Crippen LogP contribution in [0.5, 0.6) is 0 Å². The lowest BCUT2D eigenvalue weighted by atomic mass is 10.2. The van der Waals surface area contributed by atoms with E-state index in [0.717, 1.165) is 38.3 Å². The van der Waals surface area contributed by atoms with Crippen LogP contribution < -0.4 is 10.2 Å². The molecular formula is C17H25N3O2. The molecule has 2 aliphatic rings. The van der Waals surface area contributed by atoms with E-state index in [2.05, 4.69) is 23.3 Å². The molecule has 1 aromatic rings. The Morgan fingerprint density at radius 2 is 2.23 bits per heavy atom. The quantitative estimate of drug-likeness (QED) is 0.897. The molecular weight excluding hydrogens is 278 g/mol. The summed E-state index contributed by atoms with van der Waals surface area (Å²) in [6.07, 6.45) is 1.12. The number of nitrogens with zero attached hydrogens (tertiary/aromatic N) is 2. The van der Waals surface area contributed by atoms with Crippen molar-refractivity contribution in [1.29, 1.82) is 0 Å². The molecule has 120 valence electrons. The van der Waals surface area contributed by atoms with Crippen molar-refractivity contribution >= 4 is 11.6 Å². The molecule has 22 heavy (non-hydrogen) atoms. The fourth-order valence-electron chi connectivity index (χ4n) is 3.19. The maximum absolute atomic E-state index is 12.7. The van der Waals surface area contributed by atoms with Crippen LogP contribution in [0.1, 0.15) is 12.5 Å². The predicted octanol–water partition coefficient (Wildman–Crippen LogP) is 0.884. The second-order valence-corrected chi connectivity index (χ2v) is 6.25. The van der Waals surface area contributed by atoms with Crippen molar-refractivity contribution in [3.8, 4) is 0 Å². The Morgan fingerprint density at radius 3 is 3.05 bits per heavy atom. The van der Waals surface area contributed by atoms with Gasteiger partial charge in [0.1, 0.15) is 0 Å². The van der Waals surface area contributed by atoms with Gasteiger partial charge >= 0.3 is 0 Å². The van der Waals surface area contributed by atoms with Crippen molar-refractivity contribution in [3.05, 3.63) is 29.8 Å². The zero-order chi connectivity index (χ0) is 15.5. The molecule has 0 radical (unpaired) electrons. The Morgan fingerprint density at radius 1 is 1.41 bits per heavy atom. The zero-order valence-corrected chi connectivity index (χ0v) is 13.4. The number of benzene rings is 1. The Bertz CT molecular complexity index is 534. The minimum Gasteiger partial charge on any atom is -0.374 e. The Kier molecular flexibility index (Phi) is 4.76. The van der Waals surface area contributed by atoms with Crippen molar-refractivity contribution in [3.63, 3.8) is 0 Å². The first-order chi connectivity index (χ1) is 10.6. The normalized spacial score (nSPS) is 23.4. The largest absolute Gasteiger partial charge is 0.374 e. The average Bonchev–Trinajstić information content (AvgIpc) is 2.96. The molecule has 1 aromatic carbocycles. The summed E-state index contributed by atoms with van der Waals surface area (Å²) in [5.74, 6) is 0.147. The molecule has 0 bridgehead atoms. The standard InChI is InChI=1S/C17H25N3O2/c1-13(18-11-15-12-19(2)9-10-22-15)17(21)20-8-7-14-5-3-4-6-16(14)20/h3-6,13,15,18H,7-12H2,1-2H3/t13-,15+/m1/s1. The van der Waals surface area contributed by atoms with Gasteiger partial charge in [-0.05, 0) is 32.0 Å². The molecule has 1 amide bonds. The van der Waals surface area contributed by atoms with Gasteiger partial charge in [0.05, 0.1) is 18.8 Å². The summed E-state index contributed by atoms with van der Waals surface area (Å²) in [7, 11) is 2.10. The number of amides is 1. The molecule has 0 unspecified atom stereocenters. The molecule has 5 nitrogen and oxygen atoms in total. The second-order valence-electron chi connectivity index (χ2n) is 6.25. The van der Waals surface area contributed by atoms with Crippen molar-refractivity contribution < 1.29 is 9.53 Å². The highest BCUT2D eigenvalue weighted by atomic mass is 16.5. The van der Waals surface area contributed by atoms with E-state index in [1.807, 2.05) is 30.0 Å². The predicted molar refractivity (Wildman–Crippen MR) is 87.2 cm³/mol. The Labute approximate surface area is 132 Å². The summed E-state index contributed by atoms with van der Waals surface area (Å²) in [5.41, 5.74) is 2.33. The van der Waals surface area contributed by atoms with E-state index in [1.165, 1.54) is 5.56 Å². The van der Waals surface area contributed by atoms with Crippen LogP contribution in [0.3, 0.4) is 0 Å². The van der Waals surface area contributed by atoms with Crippen LogP contribution in [0.15, 0.2) is 24.3 Å². The minimum atomic E-state index is -0.193. The Hall–Kier alpha value is -1.43. The van der Waals surface area contributed by atoms with Crippen molar-refractivity contribution in [2.24, 2.45) is 0 Å². The number of carbonyl (C=O) groups is 1. The van der Waals surface area contributed by atoms with Crippen LogP contribution in [0.4, 0.5) is 5.69 Å². The van der Waals surface area contributed by atoms with Crippen LogP contribution in [-0.2, 0) is 16.0 Å². The summed E-state index contributed by atoms with van der Waals surface area (Å²) in [6.45, 7) is 6.11. The number of hydrogen-bond donors (Lipinski definition) is 1. The van der Waals surface area contributed by atoms with Crippen molar-refractivity contribution in [2.45, 2.75) is 25.5 Å². The van der Waals surface area contributed by atoms with Gasteiger partial charge < -0.3 is 19.9 Å². The molecule has 2 atom stereocenters. The SMILES string of the molecule is C[C@@H](NC[C@H]1CN(C)CCO1)C(=O)N1CCc2ccccc21. The summed E-state index contributed by atoms with van der Waals surface area (Å²) in [4.78, 5) is 16.8. The van der Waals surface area contributed by atoms with Gasteiger partial charge in [-0.15, -0.1) is 0 Å². The molecule has 0 spiro atoms. The number of nitrogens with one attached hydrogen (secondary N) is 1. The van der Waals surface area contributed by atoms with E-state index in [4.69, 9.17) is 4.74 Å². The van der Waals surface area contributed by atoms with E-state index >= 15 is 0 Å². The molecule has 0 aliphatic carbocycles. The lowest BCUT2D eigenvalue weighted by Gasteiger charge is -2.31. The molecule has 0 aromatic heterocycles. The first-order valence-corrected chi connectivity index (χ1v) is 8.08. The number of likely N-dealkylation sites (N-methyl/N-ethyl adjacent to an activating group) is 1. The molecule has 5 heteroatoms. The number of ether oxygens (including phenoxy) is 1.